The van der Waals surface area contributed by atoms with E-state index in [1.54, 1.807) is 18.2 Å². The van der Waals surface area contributed by atoms with Gasteiger partial charge in [0, 0.05) is 17.9 Å². The lowest BCUT2D eigenvalue weighted by molar-refractivity contribution is -0.126. The lowest BCUT2D eigenvalue weighted by Gasteiger charge is -2.10. The fraction of sp³-hybridized carbons (Fsp3) is 0.238. The summed E-state index contributed by atoms with van der Waals surface area (Å²) in [6.07, 6.45) is -4.22. The third-order valence-corrected chi connectivity index (χ3v) is 6.58. The van der Waals surface area contributed by atoms with Crippen LogP contribution in [0.1, 0.15) is 11.1 Å². The van der Waals surface area contributed by atoms with Crippen molar-refractivity contribution in [1.29, 1.82) is 0 Å². The Morgan fingerprint density at radius 3 is 2.61 bits per heavy atom. The maximum Gasteiger partial charge on any atom is 0.393 e. The number of fused-ring (bicyclic) bond motifs is 1. The minimum atomic E-state index is -4.31. The summed E-state index contributed by atoms with van der Waals surface area (Å²) in [5, 5.41) is 4.96. The van der Waals surface area contributed by atoms with Crippen molar-refractivity contribution >= 4 is 42.6 Å². The molecule has 10 heteroatoms. The van der Waals surface area contributed by atoms with E-state index in [0.29, 0.717) is 32.8 Å². The number of halogens is 3. The Balaban J connectivity index is 1.79. The highest BCUT2D eigenvalue weighted by atomic mass is 32.2. The van der Waals surface area contributed by atoms with E-state index in [0.717, 1.165) is 6.26 Å². The Morgan fingerprint density at radius 2 is 1.97 bits per heavy atom. The van der Waals surface area contributed by atoms with Crippen LogP contribution in [0.25, 0.3) is 10.1 Å². The number of nitrogens with two attached hydrogens (primary N) is 1. The molecule has 0 bridgehead atoms. The Kier molecular flexibility index (Phi) is 6.38. The molecule has 2 aromatic carbocycles. The van der Waals surface area contributed by atoms with Gasteiger partial charge in [0.15, 0.2) is 9.84 Å². The van der Waals surface area contributed by atoms with Crippen LogP contribution < -0.4 is 15.8 Å². The molecule has 0 aliphatic heterocycles. The molecule has 164 valence electrons. The molecule has 0 atom stereocenters. The molecule has 0 amide bonds. The zero-order chi connectivity index (χ0) is 22.8. The fourth-order valence-corrected chi connectivity index (χ4v) is 4.59. The lowest BCUT2D eigenvalue weighted by atomic mass is 10.1. The number of methoxy groups -OCH3 is 1. The molecule has 0 spiro atoms. The summed E-state index contributed by atoms with van der Waals surface area (Å²) < 4.78 is 67.6. The molecule has 31 heavy (non-hydrogen) atoms. The van der Waals surface area contributed by atoms with Crippen molar-refractivity contribution in [3.05, 3.63) is 46.8 Å². The Morgan fingerprint density at radius 1 is 1.23 bits per heavy atom. The normalized spacial score (nSPS) is 11.8. The fourth-order valence-electron chi connectivity index (χ4n) is 2.97. The molecule has 3 rings (SSSR count). The molecule has 0 aliphatic rings. The van der Waals surface area contributed by atoms with Crippen molar-refractivity contribution in [1.82, 2.24) is 0 Å². The predicted octanol–water partition coefficient (Wildman–Crippen LogP) is 4.46. The monoisotopic (exact) mass is 468 g/mol. The van der Waals surface area contributed by atoms with Gasteiger partial charge in [-0.1, -0.05) is 11.8 Å². The molecule has 3 aromatic rings. The Bertz CT molecular complexity index is 1290. The van der Waals surface area contributed by atoms with Gasteiger partial charge < -0.3 is 15.8 Å². The molecule has 1 heterocycles. The molecular weight excluding hydrogens is 449 g/mol. The maximum atomic E-state index is 12.8. The van der Waals surface area contributed by atoms with Gasteiger partial charge in [-0.05, 0) is 40.6 Å². The molecule has 0 saturated heterocycles. The number of hydrogen-bond donors (Lipinski definition) is 2. The van der Waals surface area contributed by atoms with Crippen molar-refractivity contribution in [3.63, 3.8) is 0 Å². The Hall–Kier alpha value is -2.90. The van der Waals surface area contributed by atoms with Gasteiger partial charge in [-0.2, -0.15) is 13.2 Å². The summed E-state index contributed by atoms with van der Waals surface area (Å²) in [7, 11) is -1.94. The summed E-state index contributed by atoms with van der Waals surface area (Å²) in [5.74, 6) is 6.14. The van der Waals surface area contributed by atoms with Crippen molar-refractivity contribution in [2.45, 2.75) is 17.5 Å². The number of anilines is 2. The van der Waals surface area contributed by atoms with Crippen LogP contribution in [0.4, 0.5) is 24.5 Å². The van der Waals surface area contributed by atoms with E-state index in [2.05, 4.69) is 17.2 Å². The molecule has 0 saturated carbocycles. The van der Waals surface area contributed by atoms with Crippen LogP contribution in [-0.2, 0) is 16.3 Å². The molecule has 5 nitrogen and oxygen atoms in total. The van der Waals surface area contributed by atoms with Gasteiger partial charge >= 0.3 is 6.18 Å². The average Bonchev–Trinajstić information content (AvgIpc) is 3.06. The molecular formula is C21H19F3N2O3S2. The number of hydrogen-bond acceptors (Lipinski definition) is 6. The van der Waals surface area contributed by atoms with Crippen LogP contribution in [0.2, 0.25) is 0 Å². The number of sulfone groups is 1. The number of nitrogen functional groups attached to an aromatic ring is 1. The minimum absolute atomic E-state index is 0.134. The van der Waals surface area contributed by atoms with Crippen molar-refractivity contribution in [2.75, 3.05) is 31.0 Å². The SMILES string of the molecule is COc1cc(S(C)(=O)=O)ccc1NCC#Cc1cc(N)c2scc(CC(F)(F)F)c2c1. The van der Waals surface area contributed by atoms with Crippen LogP contribution in [0, 0.1) is 11.8 Å². The van der Waals surface area contributed by atoms with Crippen molar-refractivity contribution < 1.29 is 26.3 Å². The smallest absolute Gasteiger partial charge is 0.393 e. The van der Waals surface area contributed by atoms with Crippen LogP contribution in [-0.4, -0.2) is 34.5 Å². The second-order valence-corrected chi connectivity index (χ2v) is 9.68. The van der Waals surface area contributed by atoms with Crippen molar-refractivity contribution in [2.24, 2.45) is 0 Å². The summed E-state index contributed by atoms with van der Waals surface area (Å²) in [6, 6.07) is 7.69. The third kappa shape index (κ3) is 5.62. The highest BCUT2D eigenvalue weighted by molar-refractivity contribution is 7.90. The van der Waals surface area contributed by atoms with Gasteiger partial charge in [0.05, 0.1) is 41.0 Å². The molecule has 1 aromatic heterocycles. The van der Waals surface area contributed by atoms with E-state index < -0.39 is 22.4 Å². The van der Waals surface area contributed by atoms with Crippen LogP contribution in [0.3, 0.4) is 0 Å². The quantitative estimate of drug-likeness (QED) is 0.427. The summed E-state index contributed by atoms with van der Waals surface area (Å²) in [6.45, 7) is 0.200. The molecule has 0 radical (unpaired) electrons. The predicted molar refractivity (Wildman–Crippen MR) is 117 cm³/mol. The van der Waals surface area contributed by atoms with E-state index in [9.17, 15) is 21.6 Å². The minimum Gasteiger partial charge on any atom is -0.495 e. The first-order chi connectivity index (χ1) is 14.5. The van der Waals surface area contributed by atoms with E-state index in [-0.39, 0.29) is 17.0 Å². The zero-order valence-electron chi connectivity index (χ0n) is 16.6. The van der Waals surface area contributed by atoms with Crippen LogP contribution in [0.5, 0.6) is 5.75 Å². The topological polar surface area (TPSA) is 81.4 Å². The summed E-state index contributed by atoms with van der Waals surface area (Å²) in [5.41, 5.74) is 7.62. The maximum absolute atomic E-state index is 12.8. The van der Waals surface area contributed by atoms with Gasteiger partial charge in [0.25, 0.3) is 0 Å². The first-order valence-electron chi connectivity index (χ1n) is 8.95. The second-order valence-electron chi connectivity index (χ2n) is 6.78. The molecule has 0 fully saturated rings. The van der Waals surface area contributed by atoms with E-state index in [1.807, 2.05) is 0 Å². The van der Waals surface area contributed by atoms with Gasteiger partial charge in [-0.25, -0.2) is 8.42 Å². The number of alkyl halides is 3. The number of ether oxygens (including phenoxy) is 1. The molecule has 0 aliphatic carbocycles. The number of thiophene rings is 1. The number of rotatable bonds is 5. The van der Waals surface area contributed by atoms with Crippen LogP contribution in [0.15, 0.2) is 40.6 Å². The van der Waals surface area contributed by atoms with E-state index in [4.69, 9.17) is 10.5 Å². The highest BCUT2D eigenvalue weighted by Crippen LogP contribution is 2.35. The summed E-state index contributed by atoms with van der Waals surface area (Å²) in [4.78, 5) is 0.134. The van der Waals surface area contributed by atoms with Gasteiger partial charge in [0.2, 0.25) is 0 Å². The van der Waals surface area contributed by atoms with Crippen LogP contribution >= 0.6 is 11.3 Å². The second kappa shape index (κ2) is 8.69. The van der Waals surface area contributed by atoms with Gasteiger partial charge in [0.1, 0.15) is 5.75 Å². The highest BCUT2D eigenvalue weighted by Gasteiger charge is 2.29. The number of nitrogens with one attached hydrogen (secondary N) is 1. The third-order valence-electron chi connectivity index (χ3n) is 4.37. The Labute approximate surface area is 181 Å². The average molecular weight is 469 g/mol. The van der Waals surface area contributed by atoms with Crippen molar-refractivity contribution in [3.8, 4) is 17.6 Å². The standard InChI is InChI=1S/C21H19F3N2O3S2/c1-29-19-10-15(31(2,27)28)5-6-18(19)26-7-3-4-13-8-16-14(11-21(22,23)24)12-30-20(16)17(25)9-13/h5-6,8-10,12,26H,7,11,25H2,1-2H3. The van der Waals surface area contributed by atoms with E-state index >= 15 is 0 Å². The van der Waals surface area contributed by atoms with Gasteiger partial charge in [-0.15, -0.1) is 11.3 Å². The molecule has 3 N–H and O–H groups in total. The number of benzene rings is 2. The first-order valence-corrected chi connectivity index (χ1v) is 11.7. The van der Waals surface area contributed by atoms with E-state index in [1.165, 1.54) is 36.0 Å². The summed E-state index contributed by atoms with van der Waals surface area (Å²) >= 11 is 1.18. The first kappa shape index (κ1) is 22.8. The zero-order valence-corrected chi connectivity index (χ0v) is 18.3. The van der Waals surface area contributed by atoms with Gasteiger partial charge in [-0.3, -0.25) is 0 Å². The molecule has 0 unspecified atom stereocenters. The largest absolute Gasteiger partial charge is 0.495 e. The lowest BCUT2D eigenvalue weighted by Crippen LogP contribution is -2.10.